The highest BCUT2D eigenvalue weighted by Gasteiger charge is 2.24. The first-order valence-corrected chi connectivity index (χ1v) is 9.50. The predicted octanol–water partition coefficient (Wildman–Crippen LogP) is 2.96. The minimum Gasteiger partial charge on any atom is -0.373 e. The third-order valence-electron chi connectivity index (χ3n) is 4.29. The molecule has 1 aliphatic heterocycles. The van der Waals surface area contributed by atoms with Crippen LogP contribution in [0.1, 0.15) is 18.4 Å². The van der Waals surface area contributed by atoms with Gasteiger partial charge in [0.05, 0.1) is 17.6 Å². The minimum atomic E-state index is -1.10. The van der Waals surface area contributed by atoms with Crippen molar-refractivity contribution in [3.05, 3.63) is 60.2 Å². The molecule has 1 N–H and O–H groups in total. The fourth-order valence-corrected chi connectivity index (χ4v) is 4.14. The van der Waals surface area contributed by atoms with E-state index >= 15 is 0 Å². The largest absolute Gasteiger partial charge is 0.373 e. The van der Waals surface area contributed by atoms with E-state index in [0.717, 1.165) is 42.1 Å². The Bertz CT molecular complexity index is 716. The molecule has 1 heterocycles. The van der Waals surface area contributed by atoms with E-state index in [2.05, 4.69) is 5.32 Å². The quantitative estimate of drug-likeness (QED) is 0.774. The molecule has 0 saturated carbocycles. The van der Waals surface area contributed by atoms with Crippen LogP contribution in [0.25, 0.3) is 0 Å². The molecule has 0 bridgehead atoms. The van der Waals surface area contributed by atoms with Crippen LogP contribution >= 0.6 is 0 Å². The van der Waals surface area contributed by atoms with E-state index in [1.54, 1.807) is 0 Å². The van der Waals surface area contributed by atoms with Crippen molar-refractivity contribution in [3.63, 3.8) is 0 Å². The molecule has 25 heavy (non-hydrogen) atoms. The van der Waals surface area contributed by atoms with Gasteiger partial charge >= 0.3 is 0 Å². The van der Waals surface area contributed by atoms with Crippen LogP contribution < -0.4 is 5.32 Å². The van der Waals surface area contributed by atoms with Gasteiger partial charge in [0.15, 0.2) is 0 Å². The first-order chi connectivity index (χ1) is 12.3. The maximum atomic E-state index is 12.6. The van der Waals surface area contributed by atoms with Crippen LogP contribution in [0.2, 0.25) is 0 Å². The Balaban J connectivity index is 1.50. The Morgan fingerprint density at radius 2 is 1.76 bits per heavy atom. The van der Waals surface area contributed by atoms with Crippen LogP contribution in [0.5, 0.6) is 0 Å². The Morgan fingerprint density at radius 1 is 1.08 bits per heavy atom. The highest BCUT2D eigenvalue weighted by Crippen LogP contribution is 2.22. The van der Waals surface area contributed by atoms with Gasteiger partial charge in [0.2, 0.25) is 6.41 Å². The third kappa shape index (κ3) is 4.75. The maximum Gasteiger partial charge on any atom is 0.211 e. The molecule has 2 aromatic rings. The van der Waals surface area contributed by atoms with Crippen LogP contribution in [-0.2, 0) is 27.1 Å². The van der Waals surface area contributed by atoms with Crippen LogP contribution in [0.15, 0.2) is 59.5 Å². The van der Waals surface area contributed by atoms with Gasteiger partial charge in [-0.15, -0.1) is 0 Å². The second-order valence-corrected chi connectivity index (χ2v) is 7.41. The first-order valence-electron chi connectivity index (χ1n) is 8.39. The molecule has 3 rings (SSSR count). The van der Waals surface area contributed by atoms with Gasteiger partial charge in [-0.25, -0.2) is 8.51 Å². The van der Waals surface area contributed by atoms with E-state index in [-0.39, 0.29) is 6.10 Å². The molecule has 0 aromatic heterocycles. The summed E-state index contributed by atoms with van der Waals surface area (Å²) in [5, 5.41) is 2.70. The first kappa shape index (κ1) is 17.8. The van der Waals surface area contributed by atoms with Crippen LogP contribution in [0.3, 0.4) is 0 Å². The SMILES string of the molecule is O=CNc1ccccc1COC1CCN(S(=O)c2ccccc2)CC1. The Kier molecular flexibility index (Phi) is 6.33. The number of nitrogens with zero attached hydrogens (tertiary/aromatic N) is 1. The van der Waals surface area contributed by atoms with Crippen LogP contribution in [0.4, 0.5) is 5.69 Å². The van der Waals surface area contributed by atoms with Gasteiger partial charge < -0.3 is 10.1 Å². The number of rotatable bonds is 7. The number of piperidine rings is 1. The number of carbonyl (C=O) groups is 1. The van der Waals surface area contributed by atoms with Crippen molar-refractivity contribution in [1.29, 1.82) is 0 Å². The summed E-state index contributed by atoms with van der Waals surface area (Å²) in [5.74, 6) is 0. The average molecular weight is 358 g/mol. The number of benzene rings is 2. The molecule has 1 saturated heterocycles. The summed E-state index contributed by atoms with van der Waals surface area (Å²) in [6.07, 6.45) is 2.52. The highest BCUT2D eigenvalue weighted by molar-refractivity contribution is 7.82. The molecule has 0 radical (unpaired) electrons. The molecule has 132 valence electrons. The Hall–Kier alpha value is -2.02. The third-order valence-corrected chi connectivity index (χ3v) is 5.80. The minimum absolute atomic E-state index is 0.147. The van der Waals surface area contributed by atoms with E-state index in [9.17, 15) is 9.00 Å². The molecule has 0 spiro atoms. The van der Waals surface area contributed by atoms with E-state index in [4.69, 9.17) is 4.74 Å². The molecular weight excluding hydrogens is 336 g/mol. The summed E-state index contributed by atoms with van der Waals surface area (Å²) in [6.45, 7) is 1.96. The number of amides is 1. The zero-order valence-corrected chi connectivity index (χ0v) is 14.8. The molecule has 0 aliphatic carbocycles. The predicted molar refractivity (Wildman–Crippen MR) is 98.4 cm³/mol. The Morgan fingerprint density at radius 3 is 2.48 bits per heavy atom. The van der Waals surface area contributed by atoms with E-state index in [1.165, 1.54) is 0 Å². The molecule has 1 fully saturated rings. The van der Waals surface area contributed by atoms with Gasteiger partial charge in [-0.3, -0.25) is 4.79 Å². The van der Waals surface area contributed by atoms with Crippen molar-refractivity contribution in [2.45, 2.75) is 30.4 Å². The van der Waals surface area contributed by atoms with E-state index in [1.807, 2.05) is 58.9 Å². The highest BCUT2D eigenvalue weighted by atomic mass is 32.2. The standard InChI is InChI=1S/C19H22N2O3S/c22-15-20-19-9-5-4-6-16(19)14-24-17-10-12-21(13-11-17)25(23)18-7-2-1-3-8-18/h1-9,15,17H,10-14H2,(H,20,22). The summed E-state index contributed by atoms with van der Waals surface area (Å²) in [6, 6.07) is 17.2. The molecule has 6 heteroatoms. The smallest absolute Gasteiger partial charge is 0.211 e. The van der Waals surface area contributed by atoms with Crippen molar-refractivity contribution in [2.75, 3.05) is 18.4 Å². The normalized spacial score (nSPS) is 17.1. The summed E-state index contributed by atoms with van der Waals surface area (Å²) in [7, 11) is -1.10. The van der Waals surface area contributed by atoms with Crippen LogP contribution in [-0.4, -0.2) is 34.1 Å². The number of ether oxygens (including phenoxy) is 1. The number of nitrogens with one attached hydrogen (secondary N) is 1. The van der Waals surface area contributed by atoms with Gasteiger partial charge in [0, 0.05) is 24.3 Å². The number of hydrogen-bond acceptors (Lipinski definition) is 3. The molecule has 1 aliphatic rings. The number of hydrogen-bond donors (Lipinski definition) is 1. The number of carbonyl (C=O) groups excluding carboxylic acids is 1. The number of para-hydroxylation sites is 1. The van der Waals surface area contributed by atoms with Crippen molar-refractivity contribution < 1.29 is 13.7 Å². The van der Waals surface area contributed by atoms with E-state index in [0.29, 0.717) is 13.0 Å². The summed E-state index contributed by atoms with van der Waals surface area (Å²) < 4.78 is 20.6. The molecule has 1 unspecified atom stereocenters. The lowest BCUT2D eigenvalue weighted by molar-refractivity contribution is -0.105. The summed E-state index contributed by atoms with van der Waals surface area (Å²) in [4.78, 5) is 11.5. The van der Waals surface area contributed by atoms with E-state index < -0.39 is 11.0 Å². The van der Waals surface area contributed by atoms with Gasteiger partial charge in [-0.2, -0.15) is 0 Å². The second kappa shape index (κ2) is 8.89. The average Bonchev–Trinajstić information content (AvgIpc) is 2.68. The fraction of sp³-hybridized carbons (Fsp3) is 0.316. The Labute approximate surface area is 150 Å². The zero-order chi connectivity index (χ0) is 17.5. The molecule has 5 nitrogen and oxygen atoms in total. The van der Waals surface area contributed by atoms with Crippen molar-refractivity contribution in [3.8, 4) is 0 Å². The summed E-state index contributed by atoms with van der Waals surface area (Å²) in [5.41, 5.74) is 1.74. The van der Waals surface area contributed by atoms with Gasteiger partial charge in [0.1, 0.15) is 11.0 Å². The second-order valence-electron chi connectivity index (χ2n) is 5.92. The van der Waals surface area contributed by atoms with Gasteiger partial charge in [-0.1, -0.05) is 36.4 Å². The molecule has 2 aromatic carbocycles. The molecule has 1 amide bonds. The maximum absolute atomic E-state index is 12.6. The number of anilines is 1. The molecule has 1 atom stereocenters. The van der Waals surface area contributed by atoms with Crippen molar-refractivity contribution >= 4 is 23.1 Å². The topological polar surface area (TPSA) is 58.6 Å². The lowest BCUT2D eigenvalue weighted by Crippen LogP contribution is -2.38. The van der Waals surface area contributed by atoms with Gasteiger partial charge in [-0.05, 0) is 31.0 Å². The van der Waals surface area contributed by atoms with Crippen LogP contribution in [0, 0.1) is 0 Å². The monoisotopic (exact) mass is 358 g/mol. The van der Waals surface area contributed by atoms with Crippen molar-refractivity contribution in [2.24, 2.45) is 0 Å². The van der Waals surface area contributed by atoms with Crippen molar-refractivity contribution in [1.82, 2.24) is 4.31 Å². The van der Waals surface area contributed by atoms with Gasteiger partial charge in [0.25, 0.3) is 0 Å². The fourth-order valence-electron chi connectivity index (χ4n) is 2.91. The zero-order valence-electron chi connectivity index (χ0n) is 14.0. The molecular formula is C19H22N2O3S. The lowest BCUT2D eigenvalue weighted by atomic mass is 10.1. The summed E-state index contributed by atoms with van der Waals surface area (Å²) >= 11 is 0. The lowest BCUT2D eigenvalue weighted by Gasteiger charge is -2.30.